The van der Waals surface area contributed by atoms with Gasteiger partial charge in [-0.1, -0.05) is 0 Å². The molecule has 1 amide bonds. The molecule has 0 bridgehead atoms. The van der Waals surface area contributed by atoms with E-state index in [2.05, 4.69) is 13.3 Å². The molecule has 0 heterocycles. The van der Waals surface area contributed by atoms with Gasteiger partial charge in [0, 0.05) is 0 Å². The summed E-state index contributed by atoms with van der Waals surface area (Å²) >= 11 is -1.22. The molecule has 0 aromatic heterocycles. The molecule has 6 heavy (non-hydrogen) atoms. The van der Waals surface area contributed by atoms with Crippen molar-refractivity contribution in [3.63, 3.8) is 0 Å². The molecule has 0 aromatic carbocycles. The minimum atomic E-state index is -1.22. The fraction of sp³-hybridized carbons (Fsp3) is 0. The summed E-state index contributed by atoms with van der Waals surface area (Å²) in [7, 11) is 4.35. The van der Waals surface area contributed by atoms with Crippen molar-refractivity contribution < 1.29 is 26.5 Å². The van der Waals surface area contributed by atoms with Crippen LogP contribution in [0, 0.1) is 0 Å². The second kappa shape index (κ2) is 3.37. The van der Waals surface area contributed by atoms with E-state index in [4.69, 9.17) is 5.11 Å². The predicted molar refractivity (Wildman–Crippen MR) is 18.0 cm³/mol. The summed E-state index contributed by atoms with van der Waals surface area (Å²) in [6, 6.07) is 0. The van der Waals surface area contributed by atoms with Crippen LogP contribution in [0.2, 0.25) is 0 Å². The predicted octanol–water partition coefficient (Wildman–Crippen LogP) is 1.04. The zero-order chi connectivity index (χ0) is 4.99. The Hall–Kier alpha value is 0.178. The number of carboxylic acid groups (broad SMARTS) is 1. The summed E-state index contributed by atoms with van der Waals surface area (Å²) < 4.78 is 3.02. The van der Waals surface area contributed by atoms with E-state index in [0.717, 1.165) is 0 Å². The molecule has 0 aliphatic heterocycles. The van der Waals surface area contributed by atoms with Crippen molar-refractivity contribution in [1.82, 2.24) is 0 Å². The average molecular weight is 275 g/mol. The molecule has 0 saturated carbocycles. The van der Waals surface area contributed by atoms with Crippen LogP contribution >= 0.6 is 9.82 Å². The summed E-state index contributed by atoms with van der Waals surface area (Å²) in [6.07, 6.45) is -1.12. The maximum absolute atomic E-state index is 9.41. The number of nitrogens with zero attached hydrogens (tertiary/aromatic N) is 1. The normalized spacial score (nSPS) is 6.67. The van der Waals surface area contributed by atoms with E-state index in [9.17, 15) is 4.79 Å². The van der Waals surface area contributed by atoms with E-state index in [1.807, 2.05) is 0 Å². The average Bonchev–Trinajstić information content (AvgIpc) is 1.35. The van der Waals surface area contributed by atoms with Gasteiger partial charge in [0.05, 0.1) is 0 Å². The molecule has 0 fully saturated rings. The fourth-order valence-electron chi connectivity index (χ4n) is 0.0319. The molecule has 0 rings (SSSR count). The molecule has 0 unspecified atom stereocenters. The van der Waals surface area contributed by atoms with Gasteiger partial charge in [-0.05, 0) is 0 Å². The SMILES string of the molecule is O=C(O)[N]=[W]=[S]. The quantitative estimate of drug-likeness (QED) is 0.718. The Balaban J connectivity index is 3.60. The van der Waals surface area contributed by atoms with Crippen molar-refractivity contribution in [3.8, 4) is 0 Å². The van der Waals surface area contributed by atoms with Gasteiger partial charge in [0.2, 0.25) is 0 Å². The molecule has 0 saturated heterocycles. The van der Waals surface area contributed by atoms with Crippen LogP contribution in [0.15, 0.2) is 3.50 Å². The second-order valence-corrected chi connectivity index (χ2v) is 2.86. The number of hydrogen-bond donors (Lipinski definition) is 1. The van der Waals surface area contributed by atoms with Crippen LogP contribution in [-0.2, 0) is 16.6 Å². The van der Waals surface area contributed by atoms with E-state index in [1.54, 1.807) is 0 Å². The van der Waals surface area contributed by atoms with Crippen LogP contribution in [0.4, 0.5) is 4.79 Å². The van der Waals surface area contributed by atoms with Crippen LogP contribution < -0.4 is 0 Å². The Bertz CT molecular complexity index is 106. The topological polar surface area (TPSA) is 49.7 Å². The first-order valence-corrected chi connectivity index (χ1v) is 6.24. The Kier molecular flexibility index (Phi) is 3.47. The third kappa shape index (κ3) is 4.18. The summed E-state index contributed by atoms with van der Waals surface area (Å²) in [5.41, 5.74) is 0. The molecule has 0 radical (unpaired) electrons. The Morgan fingerprint density at radius 3 is 2.50 bits per heavy atom. The first kappa shape index (κ1) is 6.18. The summed E-state index contributed by atoms with van der Waals surface area (Å²) in [4.78, 5) is 9.41. The van der Waals surface area contributed by atoms with Gasteiger partial charge in [-0.15, -0.1) is 0 Å². The van der Waals surface area contributed by atoms with Crippen molar-refractivity contribution in [1.29, 1.82) is 0 Å². The summed E-state index contributed by atoms with van der Waals surface area (Å²) in [6.45, 7) is 0. The first-order chi connectivity index (χ1) is 2.77. The van der Waals surface area contributed by atoms with E-state index >= 15 is 0 Å². The third-order valence-corrected chi connectivity index (χ3v) is 1.55. The van der Waals surface area contributed by atoms with E-state index in [-0.39, 0.29) is 0 Å². The molecule has 5 heteroatoms. The molecule has 0 aromatic rings. The Morgan fingerprint density at radius 2 is 2.50 bits per heavy atom. The fourth-order valence-corrected chi connectivity index (χ4v) is 0.783. The van der Waals surface area contributed by atoms with Crippen molar-refractivity contribution in [2.75, 3.05) is 0 Å². The Morgan fingerprint density at radius 1 is 2.00 bits per heavy atom. The van der Waals surface area contributed by atoms with Gasteiger partial charge in [-0.2, -0.15) is 0 Å². The van der Waals surface area contributed by atoms with Gasteiger partial charge >= 0.3 is 45.9 Å². The second-order valence-electron chi connectivity index (χ2n) is 0.448. The monoisotopic (exact) mass is 275 g/mol. The van der Waals surface area contributed by atoms with Gasteiger partial charge in [-0.25, -0.2) is 0 Å². The van der Waals surface area contributed by atoms with Crippen molar-refractivity contribution in [2.24, 2.45) is 3.50 Å². The van der Waals surface area contributed by atoms with Gasteiger partial charge in [0.1, 0.15) is 0 Å². The zero-order valence-corrected chi connectivity index (χ0v) is 6.37. The van der Waals surface area contributed by atoms with E-state index in [1.165, 1.54) is 0 Å². The zero-order valence-electron chi connectivity index (χ0n) is 2.62. The van der Waals surface area contributed by atoms with Crippen molar-refractivity contribution >= 4 is 15.9 Å². The van der Waals surface area contributed by atoms with Crippen molar-refractivity contribution in [3.05, 3.63) is 0 Å². The van der Waals surface area contributed by atoms with Crippen LogP contribution in [0.5, 0.6) is 0 Å². The molecule has 0 aliphatic carbocycles. The molecule has 1 N–H and O–H groups in total. The van der Waals surface area contributed by atoms with Crippen LogP contribution in [-0.4, -0.2) is 11.2 Å². The number of hydrogen-bond acceptors (Lipinski definition) is 2. The number of rotatable bonds is 0. The number of carbonyl (C=O) groups is 1. The maximum atomic E-state index is 9.41. The molecular formula is CHNO2SW. The molecule has 34 valence electrons. The summed E-state index contributed by atoms with van der Waals surface area (Å²) in [5.74, 6) is 0. The van der Waals surface area contributed by atoms with Crippen molar-refractivity contribution in [2.45, 2.75) is 0 Å². The first-order valence-electron chi connectivity index (χ1n) is 1.00. The third-order valence-electron chi connectivity index (χ3n) is 0.115. The molecular weight excluding hydrogens is 274 g/mol. The molecule has 0 spiro atoms. The summed E-state index contributed by atoms with van der Waals surface area (Å²) in [5, 5.41) is 7.72. The molecule has 0 atom stereocenters. The van der Waals surface area contributed by atoms with Crippen LogP contribution in [0.3, 0.4) is 0 Å². The van der Waals surface area contributed by atoms with Gasteiger partial charge in [-0.3, -0.25) is 0 Å². The molecule has 3 nitrogen and oxygen atoms in total. The minimum absolute atomic E-state index is 1.12. The van der Waals surface area contributed by atoms with E-state index < -0.39 is 22.7 Å². The standard InChI is InChI=1S/CHNO2.S.W/c2-1(3)4;;/h(H,3,4);;. The van der Waals surface area contributed by atoms with Gasteiger partial charge < -0.3 is 0 Å². The van der Waals surface area contributed by atoms with Gasteiger partial charge in [0.25, 0.3) is 0 Å². The van der Waals surface area contributed by atoms with Gasteiger partial charge in [0.15, 0.2) is 0 Å². The van der Waals surface area contributed by atoms with E-state index in [0.29, 0.717) is 0 Å². The van der Waals surface area contributed by atoms with Crippen LogP contribution in [0.1, 0.15) is 0 Å². The van der Waals surface area contributed by atoms with Crippen LogP contribution in [0.25, 0.3) is 0 Å². The Labute approximate surface area is 46.2 Å². The molecule has 0 aliphatic rings. The number of amides is 1.